The zero-order valence-corrected chi connectivity index (χ0v) is 10.7. The Morgan fingerprint density at radius 1 is 1.47 bits per heavy atom. The molecule has 2 rings (SSSR count). The van der Waals surface area contributed by atoms with Crippen molar-refractivity contribution in [2.45, 2.75) is 19.4 Å². The van der Waals surface area contributed by atoms with Gasteiger partial charge in [0, 0.05) is 29.6 Å². The van der Waals surface area contributed by atoms with Crippen molar-refractivity contribution in [3.05, 3.63) is 51.7 Å². The van der Waals surface area contributed by atoms with E-state index in [0.717, 1.165) is 10.6 Å². The second-order valence-corrected chi connectivity index (χ2v) is 4.98. The van der Waals surface area contributed by atoms with Crippen LogP contribution in [0.15, 0.2) is 29.8 Å². The van der Waals surface area contributed by atoms with E-state index in [-0.39, 0.29) is 11.9 Å². The van der Waals surface area contributed by atoms with Crippen molar-refractivity contribution in [1.82, 2.24) is 10.3 Å². The van der Waals surface area contributed by atoms with E-state index in [2.05, 4.69) is 10.3 Å². The van der Waals surface area contributed by atoms with Gasteiger partial charge in [-0.15, -0.1) is 11.3 Å². The molecule has 4 heteroatoms. The van der Waals surface area contributed by atoms with Crippen molar-refractivity contribution in [1.29, 1.82) is 0 Å². The molecule has 2 aromatic rings. The number of halogens is 1. The van der Waals surface area contributed by atoms with Crippen LogP contribution in [-0.4, -0.2) is 12.0 Å². The highest BCUT2D eigenvalue weighted by Crippen LogP contribution is 2.22. The summed E-state index contributed by atoms with van der Waals surface area (Å²) in [7, 11) is 1.84. The van der Waals surface area contributed by atoms with Gasteiger partial charge >= 0.3 is 0 Å². The van der Waals surface area contributed by atoms with Crippen LogP contribution in [0.25, 0.3) is 0 Å². The summed E-state index contributed by atoms with van der Waals surface area (Å²) in [5.74, 6) is -0.152. The van der Waals surface area contributed by atoms with Gasteiger partial charge in [-0.2, -0.15) is 0 Å². The highest BCUT2D eigenvalue weighted by molar-refractivity contribution is 7.09. The Bertz CT molecular complexity index is 482. The van der Waals surface area contributed by atoms with E-state index in [1.54, 1.807) is 23.6 Å². The number of nitrogens with zero attached hydrogens (tertiary/aromatic N) is 1. The van der Waals surface area contributed by atoms with Crippen LogP contribution in [0.4, 0.5) is 4.39 Å². The highest BCUT2D eigenvalue weighted by atomic mass is 32.1. The molecule has 0 saturated carbocycles. The molecule has 0 radical (unpaired) electrons. The Hall–Kier alpha value is -1.26. The third-order valence-electron chi connectivity index (χ3n) is 2.74. The second-order valence-electron chi connectivity index (χ2n) is 4.00. The first-order chi connectivity index (χ1) is 8.20. The fraction of sp³-hybridized carbons (Fsp3) is 0.308. The van der Waals surface area contributed by atoms with Crippen LogP contribution in [-0.2, 0) is 6.42 Å². The van der Waals surface area contributed by atoms with Gasteiger partial charge in [0.05, 0.1) is 5.01 Å². The summed E-state index contributed by atoms with van der Waals surface area (Å²) in [5, 5.41) is 6.10. The number of rotatable bonds is 4. The third-order valence-corrected chi connectivity index (χ3v) is 3.54. The second kappa shape index (κ2) is 5.38. The average molecular weight is 250 g/mol. The van der Waals surface area contributed by atoms with Crippen LogP contribution >= 0.6 is 11.3 Å². The SMILES string of the molecule is CNC(Cc1nccs1)c1ccc(C)cc1F. The number of thiazole rings is 1. The van der Waals surface area contributed by atoms with E-state index in [9.17, 15) is 4.39 Å². The summed E-state index contributed by atoms with van der Waals surface area (Å²) >= 11 is 1.60. The van der Waals surface area contributed by atoms with E-state index in [0.29, 0.717) is 12.0 Å². The number of nitrogens with one attached hydrogen (secondary N) is 1. The van der Waals surface area contributed by atoms with Gasteiger partial charge < -0.3 is 5.32 Å². The minimum absolute atomic E-state index is 0.0262. The molecular formula is C13H15FN2S. The molecule has 0 aliphatic heterocycles. The van der Waals surface area contributed by atoms with Gasteiger partial charge in [0.15, 0.2) is 0 Å². The molecule has 1 aromatic heterocycles. The molecule has 0 amide bonds. The largest absolute Gasteiger partial charge is 0.313 e. The number of aromatic nitrogens is 1. The third kappa shape index (κ3) is 2.90. The minimum Gasteiger partial charge on any atom is -0.313 e. The molecule has 17 heavy (non-hydrogen) atoms. The van der Waals surface area contributed by atoms with Gasteiger partial charge in [0.1, 0.15) is 5.82 Å². The first-order valence-electron chi connectivity index (χ1n) is 5.52. The summed E-state index contributed by atoms with van der Waals surface area (Å²) in [6, 6.07) is 5.33. The lowest BCUT2D eigenvalue weighted by Crippen LogP contribution is -2.20. The van der Waals surface area contributed by atoms with E-state index >= 15 is 0 Å². The fourth-order valence-electron chi connectivity index (χ4n) is 1.81. The van der Waals surface area contributed by atoms with Gasteiger partial charge in [-0.1, -0.05) is 12.1 Å². The smallest absolute Gasteiger partial charge is 0.128 e. The van der Waals surface area contributed by atoms with Crippen molar-refractivity contribution < 1.29 is 4.39 Å². The number of aryl methyl sites for hydroxylation is 1. The topological polar surface area (TPSA) is 24.9 Å². The Morgan fingerprint density at radius 2 is 2.29 bits per heavy atom. The summed E-state index contributed by atoms with van der Waals surface area (Å²) in [6.45, 7) is 1.89. The van der Waals surface area contributed by atoms with E-state index in [4.69, 9.17) is 0 Å². The van der Waals surface area contributed by atoms with Crippen molar-refractivity contribution >= 4 is 11.3 Å². The number of likely N-dealkylation sites (N-methyl/N-ethyl adjacent to an activating group) is 1. The van der Waals surface area contributed by atoms with E-state index in [1.807, 2.05) is 31.5 Å². The molecule has 0 aliphatic carbocycles. The first kappa shape index (κ1) is 12.2. The Morgan fingerprint density at radius 3 is 2.88 bits per heavy atom. The molecule has 0 saturated heterocycles. The lowest BCUT2D eigenvalue weighted by Gasteiger charge is -2.16. The van der Waals surface area contributed by atoms with Crippen molar-refractivity contribution in [3.63, 3.8) is 0 Å². The van der Waals surface area contributed by atoms with Gasteiger partial charge in [-0.05, 0) is 25.6 Å². The van der Waals surface area contributed by atoms with Gasteiger partial charge in [0.25, 0.3) is 0 Å². The number of benzene rings is 1. The van der Waals surface area contributed by atoms with Gasteiger partial charge in [-0.25, -0.2) is 9.37 Å². The zero-order chi connectivity index (χ0) is 12.3. The lowest BCUT2D eigenvalue weighted by molar-refractivity contribution is 0.532. The maximum absolute atomic E-state index is 13.9. The molecule has 1 atom stereocenters. The van der Waals surface area contributed by atoms with Gasteiger partial charge in [-0.3, -0.25) is 0 Å². The van der Waals surface area contributed by atoms with Crippen molar-refractivity contribution in [2.24, 2.45) is 0 Å². The van der Waals surface area contributed by atoms with Gasteiger partial charge in [0.2, 0.25) is 0 Å². The Balaban J connectivity index is 2.23. The summed E-state index contributed by atoms with van der Waals surface area (Å²) in [5.41, 5.74) is 1.64. The van der Waals surface area contributed by atoms with Crippen LogP contribution in [0.1, 0.15) is 22.2 Å². The Labute approximate surface area is 105 Å². The molecular weight excluding hydrogens is 235 g/mol. The summed E-state index contributed by atoms with van der Waals surface area (Å²) in [6.07, 6.45) is 2.49. The highest BCUT2D eigenvalue weighted by Gasteiger charge is 2.15. The lowest BCUT2D eigenvalue weighted by atomic mass is 10.0. The fourth-order valence-corrected chi connectivity index (χ4v) is 2.47. The zero-order valence-electron chi connectivity index (χ0n) is 9.90. The molecule has 1 unspecified atom stereocenters. The molecule has 2 nitrogen and oxygen atoms in total. The maximum Gasteiger partial charge on any atom is 0.128 e. The molecule has 90 valence electrons. The maximum atomic E-state index is 13.9. The summed E-state index contributed by atoms with van der Waals surface area (Å²) < 4.78 is 13.9. The normalized spacial score (nSPS) is 12.6. The average Bonchev–Trinajstić information content (AvgIpc) is 2.79. The molecule has 1 heterocycles. The first-order valence-corrected chi connectivity index (χ1v) is 6.40. The molecule has 0 aliphatic rings. The van der Waals surface area contributed by atoms with Crippen LogP contribution in [0.5, 0.6) is 0 Å². The van der Waals surface area contributed by atoms with Crippen molar-refractivity contribution in [3.8, 4) is 0 Å². The predicted molar refractivity (Wildman–Crippen MR) is 68.8 cm³/mol. The molecule has 1 aromatic carbocycles. The predicted octanol–water partition coefficient (Wildman–Crippen LogP) is 3.09. The monoisotopic (exact) mass is 250 g/mol. The standard InChI is InChI=1S/C13H15FN2S/c1-9-3-4-10(11(14)7-9)12(15-2)8-13-16-5-6-17-13/h3-7,12,15H,8H2,1-2H3. The molecule has 1 N–H and O–H groups in total. The quantitative estimate of drug-likeness (QED) is 0.902. The molecule has 0 bridgehead atoms. The number of hydrogen-bond acceptors (Lipinski definition) is 3. The van der Waals surface area contributed by atoms with Crippen LogP contribution in [0, 0.1) is 12.7 Å². The summed E-state index contributed by atoms with van der Waals surface area (Å²) in [4.78, 5) is 4.23. The molecule has 0 spiro atoms. The van der Waals surface area contributed by atoms with Crippen molar-refractivity contribution in [2.75, 3.05) is 7.05 Å². The number of hydrogen-bond donors (Lipinski definition) is 1. The Kier molecular flexibility index (Phi) is 3.86. The van der Waals surface area contributed by atoms with Crippen LogP contribution in [0.3, 0.4) is 0 Å². The molecule has 0 fully saturated rings. The minimum atomic E-state index is -0.152. The van der Waals surface area contributed by atoms with E-state index in [1.165, 1.54) is 0 Å². The van der Waals surface area contributed by atoms with E-state index < -0.39 is 0 Å². The van der Waals surface area contributed by atoms with Crippen LogP contribution < -0.4 is 5.32 Å². The van der Waals surface area contributed by atoms with Crippen LogP contribution in [0.2, 0.25) is 0 Å².